The van der Waals surface area contributed by atoms with Crippen molar-refractivity contribution in [3.63, 3.8) is 0 Å². The third-order valence-electron chi connectivity index (χ3n) is 4.85. The predicted octanol–water partition coefficient (Wildman–Crippen LogP) is 3.89. The molecule has 0 unspecified atom stereocenters. The van der Waals surface area contributed by atoms with Gasteiger partial charge in [0, 0.05) is 19.2 Å². The molecular weight excluding hydrogens is 386 g/mol. The van der Waals surface area contributed by atoms with Crippen molar-refractivity contribution in [1.29, 1.82) is 0 Å². The van der Waals surface area contributed by atoms with Crippen molar-refractivity contribution in [1.82, 2.24) is 4.31 Å². The topological polar surface area (TPSA) is 55.8 Å². The van der Waals surface area contributed by atoms with Crippen LogP contribution in [0.5, 0.6) is 11.5 Å². The lowest BCUT2D eigenvalue weighted by atomic mass is 10.1. The number of rotatable bonds is 7. The first kappa shape index (κ1) is 19.5. The van der Waals surface area contributed by atoms with Gasteiger partial charge in [-0.1, -0.05) is 60.7 Å². The molecule has 0 N–H and O–H groups in total. The van der Waals surface area contributed by atoms with E-state index in [1.165, 1.54) is 4.31 Å². The molecule has 0 radical (unpaired) electrons. The molecule has 0 amide bonds. The summed E-state index contributed by atoms with van der Waals surface area (Å²) in [4.78, 5) is 0.214. The molecule has 3 aromatic carbocycles. The highest BCUT2D eigenvalue weighted by atomic mass is 32.2. The summed E-state index contributed by atoms with van der Waals surface area (Å²) >= 11 is 0. The zero-order valence-electron chi connectivity index (χ0n) is 16.0. The molecule has 0 aliphatic carbocycles. The fourth-order valence-corrected chi connectivity index (χ4v) is 4.75. The fourth-order valence-electron chi connectivity index (χ4n) is 3.30. The second-order valence-corrected chi connectivity index (χ2v) is 8.80. The standard InChI is InChI=1S/C23H23NO4S/c25-29(26,21-11-12-22-23(17-21)28-16-15-27-22)24(18-20-9-5-2-6-10-20)14-13-19-7-3-1-4-8-19/h1-12,17H,13-16,18H2. The van der Waals surface area contributed by atoms with Crippen molar-refractivity contribution in [2.45, 2.75) is 17.9 Å². The molecule has 0 saturated carbocycles. The van der Waals surface area contributed by atoms with Gasteiger partial charge in [0.25, 0.3) is 0 Å². The van der Waals surface area contributed by atoms with Crippen LogP contribution in [0.2, 0.25) is 0 Å². The summed E-state index contributed by atoms with van der Waals surface area (Å²) in [5, 5.41) is 0. The second-order valence-electron chi connectivity index (χ2n) is 6.87. The van der Waals surface area contributed by atoms with E-state index in [0.717, 1.165) is 11.1 Å². The third kappa shape index (κ3) is 4.60. The van der Waals surface area contributed by atoms with Crippen LogP contribution in [-0.4, -0.2) is 32.5 Å². The summed E-state index contributed by atoms with van der Waals surface area (Å²) in [5.74, 6) is 1.05. The van der Waals surface area contributed by atoms with E-state index in [9.17, 15) is 8.42 Å². The largest absolute Gasteiger partial charge is 0.486 e. The van der Waals surface area contributed by atoms with Crippen LogP contribution in [0.3, 0.4) is 0 Å². The lowest BCUT2D eigenvalue weighted by Crippen LogP contribution is -2.32. The van der Waals surface area contributed by atoms with Gasteiger partial charge >= 0.3 is 0 Å². The molecule has 1 aliphatic heterocycles. The summed E-state index contributed by atoms with van der Waals surface area (Å²) in [6.45, 7) is 1.58. The lowest BCUT2D eigenvalue weighted by Gasteiger charge is -2.24. The number of sulfonamides is 1. The highest BCUT2D eigenvalue weighted by Gasteiger charge is 2.26. The number of ether oxygens (including phenoxy) is 2. The SMILES string of the molecule is O=S(=O)(c1ccc2c(c1)OCCO2)N(CCc1ccccc1)Cc1ccccc1. The van der Waals surface area contributed by atoms with Crippen LogP contribution in [0.1, 0.15) is 11.1 Å². The van der Waals surface area contributed by atoms with Gasteiger partial charge in [-0.25, -0.2) is 8.42 Å². The molecule has 0 saturated heterocycles. The maximum absolute atomic E-state index is 13.5. The molecule has 3 aromatic rings. The Kier molecular flexibility index (Phi) is 5.83. The minimum atomic E-state index is -3.71. The first-order chi connectivity index (χ1) is 14.1. The van der Waals surface area contributed by atoms with Crippen LogP contribution in [0.15, 0.2) is 83.8 Å². The number of hydrogen-bond acceptors (Lipinski definition) is 4. The third-order valence-corrected chi connectivity index (χ3v) is 6.69. The van der Waals surface area contributed by atoms with Gasteiger partial charge in [-0.05, 0) is 29.7 Å². The van der Waals surface area contributed by atoms with E-state index in [1.54, 1.807) is 18.2 Å². The van der Waals surface area contributed by atoms with Crippen molar-refractivity contribution >= 4 is 10.0 Å². The van der Waals surface area contributed by atoms with Gasteiger partial charge in [0.05, 0.1) is 4.90 Å². The van der Waals surface area contributed by atoms with Gasteiger partial charge in [-0.15, -0.1) is 0 Å². The number of fused-ring (bicyclic) bond motifs is 1. The molecule has 0 spiro atoms. The molecule has 29 heavy (non-hydrogen) atoms. The van der Waals surface area contributed by atoms with E-state index in [2.05, 4.69) is 0 Å². The Balaban J connectivity index is 1.63. The molecule has 0 fully saturated rings. The van der Waals surface area contributed by atoms with Crippen molar-refractivity contribution in [2.75, 3.05) is 19.8 Å². The van der Waals surface area contributed by atoms with Crippen LogP contribution in [-0.2, 0) is 23.0 Å². The van der Waals surface area contributed by atoms with E-state index >= 15 is 0 Å². The maximum atomic E-state index is 13.5. The molecule has 1 aliphatic rings. The van der Waals surface area contributed by atoms with Crippen molar-refractivity contribution in [3.8, 4) is 11.5 Å². The first-order valence-electron chi connectivity index (χ1n) is 9.60. The zero-order valence-corrected chi connectivity index (χ0v) is 16.8. The highest BCUT2D eigenvalue weighted by Crippen LogP contribution is 2.33. The van der Waals surface area contributed by atoms with E-state index in [4.69, 9.17) is 9.47 Å². The van der Waals surface area contributed by atoms with Crippen LogP contribution in [0, 0.1) is 0 Å². The number of hydrogen-bond donors (Lipinski definition) is 0. The zero-order chi connectivity index (χ0) is 20.1. The van der Waals surface area contributed by atoms with E-state index in [1.807, 2.05) is 60.7 Å². The van der Waals surface area contributed by atoms with E-state index in [-0.39, 0.29) is 4.90 Å². The molecule has 5 nitrogen and oxygen atoms in total. The molecule has 0 bridgehead atoms. The second kappa shape index (κ2) is 8.68. The van der Waals surface area contributed by atoms with Gasteiger partial charge in [0.15, 0.2) is 11.5 Å². The summed E-state index contributed by atoms with van der Waals surface area (Å²) < 4.78 is 39.6. The highest BCUT2D eigenvalue weighted by molar-refractivity contribution is 7.89. The van der Waals surface area contributed by atoms with Crippen LogP contribution >= 0.6 is 0 Å². The Morgan fingerprint density at radius 3 is 2.07 bits per heavy atom. The van der Waals surface area contributed by atoms with Gasteiger partial charge < -0.3 is 9.47 Å². The molecule has 4 rings (SSSR count). The van der Waals surface area contributed by atoms with Crippen molar-refractivity contribution in [2.24, 2.45) is 0 Å². The smallest absolute Gasteiger partial charge is 0.243 e. The number of nitrogens with zero attached hydrogens (tertiary/aromatic N) is 1. The average molecular weight is 410 g/mol. The molecule has 150 valence electrons. The van der Waals surface area contributed by atoms with Gasteiger partial charge in [0.2, 0.25) is 10.0 Å². The molecule has 6 heteroatoms. The Hall–Kier alpha value is -2.83. The molecule has 0 aromatic heterocycles. The first-order valence-corrected chi connectivity index (χ1v) is 11.0. The minimum absolute atomic E-state index is 0.214. The predicted molar refractivity (Wildman–Crippen MR) is 112 cm³/mol. The van der Waals surface area contributed by atoms with Crippen LogP contribution < -0.4 is 9.47 Å². The summed E-state index contributed by atoms with van der Waals surface area (Å²) in [6, 6.07) is 24.4. The van der Waals surface area contributed by atoms with Gasteiger partial charge in [-0.3, -0.25) is 0 Å². The lowest BCUT2D eigenvalue weighted by molar-refractivity contribution is 0.171. The summed E-state index contributed by atoms with van der Waals surface area (Å²) in [5.41, 5.74) is 2.05. The van der Waals surface area contributed by atoms with Crippen LogP contribution in [0.4, 0.5) is 0 Å². The summed E-state index contributed by atoms with van der Waals surface area (Å²) in [7, 11) is -3.71. The quantitative estimate of drug-likeness (QED) is 0.594. The Labute approximate surface area is 171 Å². The Morgan fingerprint density at radius 2 is 1.38 bits per heavy atom. The van der Waals surface area contributed by atoms with Crippen LogP contribution in [0.25, 0.3) is 0 Å². The van der Waals surface area contributed by atoms with Crippen molar-refractivity contribution < 1.29 is 17.9 Å². The average Bonchev–Trinajstić information content (AvgIpc) is 2.77. The maximum Gasteiger partial charge on any atom is 0.243 e. The molecule has 0 atom stereocenters. The minimum Gasteiger partial charge on any atom is -0.486 e. The Morgan fingerprint density at radius 1 is 0.759 bits per heavy atom. The van der Waals surface area contributed by atoms with E-state index in [0.29, 0.717) is 44.2 Å². The van der Waals surface area contributed by atoms with Crippen molar-refractivity contribution in [3.05, 3.63) is 90.0 Å². The normalized spacial score (nSPS) is 13.4. The fraction of sp³-hybridized carbons (Fsp3) is 0.217. The van der Waals surface area contributed by atoms with Gasteiger partial charge in [-0.2, -0.15) is 4.31 Å². The number of benzene rings is 3. The monoisotopic (exact) mass is 409 g/mol. The van der Waals surface area contributed by atoms with Gasteiger partial charge in [0.1, 0.15) is 13.2 Å². The molecule has 1 heterocycles. The van der Waals surface area contributed by atoms with E-state index < -0.39 is 10.0 Å². The molecular formula is C23H23NO4S. The summed E-state index contributed by atoms with van der Waals surface area (Å²) in [6.07, 6.45) is 0.636. The Bertz CT molecular complexity index is 1050.